The normalized spacial score (nSPS) is 13.1. The Balaban J connectivity index is 1.84. The lowest BCUT2D eigenvalue weighted by Crippen LogP contribution is -2.42. The predicted octanol–water partition coefficient (Wildman–Crippen LogP) is 3.36. The Morgan fingerprint density at radius 3 is 2.54 bits per heavy atom. The van der Waals surface area contributed by atoms with Crippen LogP contribution in [0.15, 0.2) is 47.6 Å². The van der Waals surface area contributed by atoms with E-state index in [0.29, 0.717) is 12.6 Å². The van der Waals surface area contributed by atoms with Gasteiger partial charge in [-0.15, -0.1) is 0 Å². The lowest BCUT2D eigenvalue weighted by molar-refractivity contribution is 0.489. The molecule has 1 aromatic carbocycles. The van der Waals surface area contributed by atoms with Crippen molar-refractivity contribution in [2.75, 3.05) is 7.05 Å². The molecular weight excluding hydrogens is 298 g/mol. The van der Waals surface area contributed by atoms with Crippen molar-refractivity contribution >= 4 is 5.96 Å². The molecule has 0 amide bonds. The zero-order valence-electron chi connectivity index (χ0n) is 15.2. The summed E-state index contributed by atoms with van der Waals surface area (Å²) in [7, 11) is 1.80. The van der Waals surface area contributed by atoms with Gasteiger partial charge in [0.25, 0.3) is 0 Å². The molecule has 2 rings (SSSR count). The maximum Gasteiger partial charge on any atom is 0.191 e. The summed E-state index contributed by atoms with van der Waals surface area (Å²) in [5, 5.41) is 11.4. The molecule has 24 heavy (non-hydrogen) atoms. The van der Waals surface area contributed by atoms with Gasteiger partial charge in [0.05, 0.1) is 17.9 Å². The third-order valence-corrected chi connectivity index (χ3v) is 3.89. The molecule has 0 radical (unpaired) electrons. The van der Waals surface area contributed by atoms with Gasteiger partial charge in [0.1, 0.15) is 0 Å². The second-order valence-corrected chi connectivity index (χ2v) is 6.53. The molecule has 2 N–H and O–H groups in total. The number of aromatic nitrogens is 2. The van der Waals surface area contributed by atoms with E-state index in [1.807, 2.05) is 47.3 Å². The topological polar surface area (TPSA) is 54.2 Å². The largest absolute Gasteiger partial charge is 0.354 e. The Morgan fingerprint density at radius 2 is 1.88 bits per heavy atom. The monoisotopic (exact) mass is 327 g/mol. The zero-order chi connectivity index (χ0) is 17.4. The van der Waals surface area contributed by atoms with Crippen molar-refractivity contribution in [3.8, 4) is 5.69 Å². The molecule has 5 heteroatoms. The van der Waals surface area contributed by atoms with Crippen molar-refractivity contribution in [3.63, 3.8) is 0 Å². The van der Waals surface area contributed by atoms with Gasteiger partial charge in [-0.05, 0) is 43.9 Å². The number of aliphatic imine (C=N–C) groups is 1. The van der Waals surface area contributed by atoms with Gasteiger partial charge in [0.2, 0.25) is 0 Å². The number of nitrogens with zero attached hydrogens (tertiary/aromatic N) is 3. The summed E-state index contributed by atoms with van der Waals surface area (Å²) in [5.41, 5.74) is 2.05. The number of para-hydroxylation sites is 1. The minimum Gasteiger partial charge on any atom is -0.354 e. The maximum absolute atomic E-state index is 4.60. The lowest BCUT2D eigenvalue weighted by Gasteiger charge is -2.18. The van der Waals surface area contributed by atoms with Crippen molar-refractivity contribution in [1.29, 1.82) is 0 Å². The summed E-state index contributed by atoms with van der Waals surface area (Å²) >= 11 is 0. The van der Waals surface area contributed by atoms with E-state index in [4.69, 9.17) is 0 Å². The highest BCUT2D eigenvalue weighted by atomic mass is 15.3. The number of guanidine groups is 1. The average molecular weight is 327 g/mol. The molecular formula is C19H29N5. The van der Waals surface area contributed by atoms with Crippen LogP contribution in [-0.4, -0.2) is 28.8 Å². The lowest BCUT2D eigenvalue weighted by atomic mass is 10.0. The van der Waals surface area contributed by atoms with Crippen LogP contribution in [0.4, 0.5) is 0 Å². The molecule has 2 aromatic rings. The molecule has 1 aromatic heterocycles. The third kappa shape index (κ3) is 5.72. The van der Waals surface area contributed by atoms with Gasteiger partial charge in [0, 0.05) is 19.3 Å². The molecule has 0 aliphatic rings. The van der Waals surface area contributed by atoms with E-state index in [1.165, 1.54) is 6.42 Å². The van der Waals surface area contributed by atoms with Crippen molar-refractivity contribution in [3.05, 3.63) is 48.3 Å². The fourth-order valence-electron chi connectivity index (χ4n) is 2.44. The Hall–Kier alpha value is -2.30. The highest BCUT2D eigenvalue weighted by Crippen LogP contribution is 2.07. The van der Waals surface area contributed by atoms with Gasteiger partial charge in [-0.2, -0.15) is 5.10 Å². The first kappa shape index (κ1) is 18.0. The molecule has 0 bridgehead atoms. The Morgan fingerprint density at radius 1 is 1.12 bits per heavy atom. The highest BCUT2D eigenvalue weighted by Gasteiger charge is 2.07. The van der Waals surface area contributed by atoms with Gasteiger partial charge in [-0.25, -0.2) is 4.68 Å². The van der Waals surface area contributed by atoms with Crippen molar-refractivity contribution < 1.29 is 0 Å². The van der Waals surface area contributed by atoms with Crippen molar-refractivity contribution in [1.82, 2.24) is 20.4 Å². The zero-order valence-corrected chi connectivity index (χ0v) is 15.2. The molecule has 0 aliphatic heterocycles. The van der Waals surface area contributed by atoms with Crippen LogP contribution in [0.25, 0.3) is 5.69 Å². The maximum atomic E-state index is 4.60. The van der Waals surface area contributed by atoms with Gasteiger partial charge in [-0.1, -0.05) is 32.0 Å². The van der Waals surface area contributed by atoms with E-state index in [1.54, 1.807) is 7.05 Å². The quantitative estimate of drug-likeness (QED) is 0.605. The predicted molar refractivity (Wildman–Crippen MR) is 100 cm³/mol. The van der Waals surface area contributed by atoms with Gasteiger partial charge in [0.15, 0.2) is 5.96 Å². The molecule has 0 fully saturated rings. The summed E-state index contributed by atoms with van der Waals surface area (Å²) < 4.78 is 1.89. The summed E-state index contributed by atoms with van der Waals surface area (Å²) in [6, 6.07) is 12.5. The van der Waals surface area contributed by atoms with Crippen LogP contribution in [-0.2, 0) is 6.54 Å². The van der Waals surface area contributed by atoms with Crippen LogP contribution >= 0.6 is 0 Å². The van der Waals surface area contributed by atoms with Crippen molar-refractivity contribution in [2.24, 2.45) is 10.9 Å². The third-order valence-electron chi connectivity index (χ3n) is 3.89. The first-order valence-electron chi connectivity index (χ1n) is 8.65. The number of rotatable bonds is 7. The van der Waals surface area contributed by atoms with Crippen LogP contribution in [0.2, 0.25) is 0 Å². The van der Waals surface area contributed by atoms with Crippen molar-refractivity contribution in [2.45, 2.75) is 46.2 Å². The Bertz CT molecular complexity index is 630. The van der Waals surface area contributed by atoms with Gasteiger partial charge >= 0.3 is 0 Å². The fourth-order valence-corrected chi connectivity index (χ4v) is 2.44. The first-order chi connectivity index (χ1) is 11.6. The summed E-state index contributed by atoms with van der Waals surface area (Å²) in [6.45, 7) is 7.35. The van der Waals surface area contributed by atoms with E-state index in [0.717, 1.165) is 29.7 Å². The first-order valence-corrected chi connectivity index (χ1v) is 8.65. The minimum atomic E-state index is 0.403. The number of nitrogens with one attached hydrogen (secondary N) is 2. The molecule has 1 heterocycles. The number of benzene rings is 1. The summed E-state index contributed by atoms with van der Waals surface area (Å²) in [4.78, 5) is 4.30. The molecule has 0 saturated heterocycles. The molecule has 130 valence electrons. The van der Waals surface area contributed by atoms with E-state index in [-0.39, 0.29) is 0 Å². The molecule has 0 aliphatic carbocycles. The fraction of sp³-hybridized carbons (Fsp3) is 0.474. The second kappa shape index (κ2) is 9.11. The molecule has 5 nitrogen and oxygen atoms in total. The highest BCUT2D eigenvalue weighted by molar-refractivity contribution is 5.79. The number of hydrogen-bond donors (Lipinski definition) is 2. The van der Waals surface area contributed by atoms with Gasteiger partial charge < -0.3 is 10.6 Å². The number of hydrogen-bond acceptors (Lipinski definition) is 2. The van der Waals surface area contributed by atoms with Crippen LogP contribution in [0.1, 0.15) is 39.3 Å². The molecule has 0 saturated carbocycles. The van der Waals surface area contributed by atoms with E-state index >= 15 is 0 Å². The average Bonchev–Trinajstić information content (AvgIpc) is 3.06. The minimum absolute atomic E-state index is 0.403. The second-order valence-electron chi connectivity index (χ2n) is 6.53. The van der Waals surface area contributed by atoms with E-state index in [2.05, 4.69) is 41.5 Å². The summed E-state index contributed by atoms with van der Waals surface area (Å²) in [6.07, 6.45) is 4.33. The van der Waals surface area contributed by atoms with E-state index < -0.39 is 0 Å². The molecule has 1 atom stereocenters. The van der Waals surface area contributed by atoms with Gasteiger partial charge in [-0.3, -0.25) is 4.99 Å². The smallest absolute Gasteiger partial charge is 0.191 e. The van der Waals surface area contributed by atoms with Crippen LogP contribution in [0, 0.1) is 5.92 Å². The Labute approximate surface area is 145 Å². The van der Waals surface area contributed by atoms with E-state index in [9.17, 15) is 0 Å². The summed E-state index contributed by atoms with van der Waals surface area (Å²) in [5.74, 6) is 1.55. The molecule has 1 unspecified atom stereocenters. The standard InChI is InChI=1S/C19H29N5/c1-15(2)10-11-16(3)22-19(20-4)21-14-17-12-13-24(23-17)18-8-6-5-7-9-18/h5-9,12-13,15-16H,10-11,14H2,1-4H3,(H2,20,21,22). The molecule has 0 spiro atoms. The van der Waals surface area contributed by atoms with Crippen LogP contribution in [0.5, 0.6) is 0 Å². The van der Waals surface area contributed by atoms with Crippen LogP contribution < -0.4 is 10.6 Å². The SMILES string of the molecule is CN=C(NCc1ccn(-c2ccccc2)n1)NC(C)CCC(C)C. The Kier molecular flexibility index (Phi) is 6.85. The van der Waals surface area contributed by atoms with Crippen LogP contribution in [0.3, 0.4) is 0 Å².